The van der Waals surface area contributed by atoms with Crippen LogP contribution in [0.15, 0.2) is 97.1 Å². The van der Waals surface area contributed by atoms with Gasteiger partial charge in [0, 0.05) is 0 Å². The summed E-state index contributed by atoms with van der Waals surface area (Å²) in [6, 6.07) is 32.3. The minimum atomic E-state index is -1.00. The maximum absolute atomic E-state index is 11.4. The van der Waals surface area contributed by atoms with Crippen LogP contribution in [0.2, 0.25) is 0 Å². The van der Waals surface area contributed by atoms with Crippen LogP contribution in [0, 0.1) is 0 Å². The first-order valence-electron chi connectivity index (χ1n) is 50.8. The van der Waals surface area contributed by atoms with Crippen molar-refractivity contribution >= 4 is 47.8 Å². The number of carbonyl (C=O) groups excluding carboxylic acids is 4. The number of hydrogen-bond acceptors (Lipinski definition) is 16. The van der Waals surface area contributed by atoms with Gasteiger partial charge < -0.3 is 58.3 Å². The van der Waals surface area contributed by atoms with Gasteiger partial charge in [-0.2, -0.15) is 0 Å². The molecule has 4 rings (SSSR count). The second-order valence-electron chi connectivity index (χ2n) is 34.4. The molecule has 0 bridgehead atoms. The Balaban J connectivity index is 0.000000853. The van der Waals surface area contributed by atoms with Gasteiger partial charge in [0.25, 0.3) is 0 Å². The molecule has 0 aliphatic rings. The lowest BCUT2D eigenvalue weighted by molar-refractivity contribution is -0.148. The highest BCUT2D eigenvalue weighted by Crippen LogP contribution is 2.24. The first kappa shape index (κ1) is 118. The van der Waals surface area contributed by atoms with Crippen molar-refractivity contribution < 1.29 is 96.7 Å². The standard InChI is InChI=1S/4C27H44O5/c4*1-2-3-4-5-6-7-8-9-10-11-12-13-14-16-24-17-15-18-25(23-24)31-21-22-32-27(30)20-19-26(28)29/h4*15,17-18,23H,2-14,16,19-22H2,1H3,(H,28,29). The third kappa shape index (κ3) is 82.3. The molecule has 0 spiro atoms. The van der Waals surface area contributed by atoms with E-state index in [0.717, 1.165) is 48.7 Å². The summed E-state index contributed by atoms with van der Waals surface area (Å²) in [5.41, 5.74) is 5.07. The summed E-state index contributed by atoms with van der Waals surface area (Å²) in [5.74, 6) is -2.93. The largest absolute Gasteiger partial charge is 0.490 e. The summed E-state index contributed by atoms with van der Waals surface area (Å²) >= 11 is 0. The van der Waals surface area contributed by atoms with Gasteiger partial charge in [-0.1, -0.05) is 384 Å². The molecular weight excluding hydrogens is 1620 g/mol. The van der Waals surface area contributed by atoms with E-state index in [9.17, 15) is 38.4 Å². The summed E-state index contributed by atoms with van der Waals surface area (Å²) in [6.45, 7) is 10.6. The highest BCUT2D eigenvalue weighted by molar-refractivity contribution is 5.78. The number of esters is 4. The minimum Gasteiger partial charge on any atom is -0.490 e. The van der Waals surface area contributed by atoms with Crippen LogP contribution in [0.4, 0.5) is 0 Å². The van der Waals surface area contributed by atoms with Crippen LogP contribution in [0.3, 0.4) is 0 Å². The van der Waals surface area contributed by atoms with Crippen molar-refractivity contribution in [1.29, 1.82) is 0 Å². The molecule has 20 nitrogen and oxygen atoms in total. The van der Waals surface area contributed by atoms with Crippen molar-refractivity contribution in [3.8, 4) is 23.0 Å². The molecule has 4 aromatic carbocycles. The van der Waals surface area contributed by atoms with E-state index in [0.29, 0.717) is 0 Å². The molecule has 0 saturated heterocycles. The summed E-state index contributed by atoms with van der Waals surface area (Å²) in [6.07, 6.45) is 73.7. The Kier molecular flexibility index (Phi) is 82.3. The van der Waals surface area contributed by atoms with Gasteiger partial charge in [0.2, 0.25) is 0 Å². The fraction of sp³-hybridized carbons (Fsp3) is 0.704. The van der Waals surface area contributed by atoms with Crippen LogP contribution in [0.25, 0.3) is 0 Å². The molecule has 0 aliphatic heterocycles. The first-order chi connectivity index (χ1) is 62.5. The van der Waals surface area contributed by atoms with Crippen LogP contribution >= 0.6 is 0 Å². The number of aliphatic carboxylic acids is 4. The van der Waals surface area contributed by atoms with Gasteiger partial charge in [-0.25, -0.2) is 0 Å². The maximum atomic E-state index is 11.4. The molecule has 0 fully saturated rings. The lowest BCUT2D eigenvalue weighted by atomic mass is 10.0. The number of carboxylic acids is 4. The SMILES string of the molecule is CCCCCCCCCCCCCCCc1cccc(OCCOC(=O)CCC(=O)O)c1.CCCCCCCCCCCCCCCc1cccc(OCCOC(=O)CCC(=O)O)c1.CCCCCCCCCCCCCCCc1cccc(OCCOC(=O)CCC(=O)O)c1.CCCCCCCCCCCCCCCc1cccc(OCCOC(=O)CCC(=O)O)c1. The molecule has 20 heteroatoms. The Labute approximate surface area is 774 Å². The Morgan fingerprint density at radius 2 is 0.344 bits per heavy atom. The lowest BCUT2D eigenvalue weighted by Crippen LogP contribution is -2.13. The molecule has 0 heterocycles. The summed E-state index contributed by atoms with van der Waals surface area (Å²) in [7, 11) is 0. The number of carboxylic acid groups (broad SMARTS) is 4. The topological polar surface area (TPSA) is 291 Å². The zero-order chi connectivity index (χ0) is 93.1. The minimum absolute atomic E-state index is 0.107. The molecule has 0 atom stereocenters. The first-order valence-corrected chi connectivity index (χ1v) is 50.8. The fourth-order valence-electron chi connectivity index (χ4n) is 14.9. The number of aryl methyl sites for hydroxylation is 4. The Morgan fingerprint density at radius 3 is 0.492 bits per heavy atom. The smallest absolute Gasteiger partial charge is 0.306 e. The Morgan fingerprint density at radius 1 is 0.195 bits per heavy atom. The average molecular weight is 1790 g/mol. The third-order valence-corrected chi connectivity index (χ3v) is 22.5. The van der Waals surface area contributed by atoms with E-state index in [4.69, 9.17) is 58.3 Å². The monoisotopic (exact) mass is 1790 g/mol. The van der Waals surface area contributed by atoms with E-state index >= 15 is 0 Å². The summed E-state index contributed by atoms with van der Waals surface area (Å²) in [5, 5.41) is 34.2. The van der Waals surface area contributed by atoms with Crippen LogP contribution in [-0.4, -0.2) is 121 Å². The number of carbonyl (C=O) groups is 8. The molecule has 0 aliphatic carbocycles. The van der Waals surface area contributed by atoms with E-state index in [1.54, 1.807) is 0 Å². The number of hydrogen-bond donors (Lipinski definition) is 4. The van der Waals surface area contributed by atoms with Crippen molar-refractivity contribution in [2.75, 3.05) is 52.9 Å². The van der Waals surface area contributed by atoms with Crippen molar-refractivity contribution in [2.45, 2.75) is 439 Å². The molecule has 4 aromatic rings. The highest BCUT2D eigenvalue weighted by atomic mass is 16.6. The third-order valence-electron chi connectivity index (χ3n) is 22.5. The van der Waals surface area contributed by atoms with Gasteiger partial charge in [0.1, 0.15) is 75.9 Å². The van der Waals surface area contributed by atoms with E-state index in [1.165, 1.54) is 356 Å². The van der Waals surface area contributed by atoms with Gasteiger partial charge in [-0.15, -0.1) is 0 Å². The number of unbranched alkanes of at least 4 members (excludes halogenated alkanes) is 48. The quantitative estimate of drug-likeness (QED) is 0.0181. The highest BCUT2D eigenvalue weighted by Gasteiger charge is 2.13. The predicted octanol–water partition coefficient (Wildman–Crippen LogP) is 28.4. The van der Waals surface area contributed by atoms with Crippen molar-refractivity contribution in [1.82, 2.24) is 0 Å². The van der Waals surface area contributed by atoms with E-state index in [2.05, 4.69) is 52.0 Å². The number of ether oxygens (including phenoxy) is 8. The average Bonchev–Trinajstić information content (AvgIpc) is 0.922. The van der Waals surface area contributed by atoms with E-state index in [1.807, 2.05) is 72.8 Å². The zero-order valence-corrected chi connectivity index (χ0v) is 80.5. The van der Waals surface area contributed by atoms with Crippen molar-refractivity contribution in [3.05, 3.63) is 119 Å². The molecule has 0 saturated carbocycles. The van der Waals surface area contributed by atoms with Crippen molar-refractivity contribution in [2.24, 2.45) is 0 Å². The zero-order valence-electron chi connectivity index (χ0n) is 80.5. The van der Waals surface area contributed by atoms with Gasteiger partial charge in [0.15, 0.2) is 0 Å². The molecule has 728 valence electrons. The maximum Gasteiger partial charge on any atom is 0.306 e. The van der Waals surface area contributed by atoms with E-state index in [-0.39, 0.29) is 104 Å². The summed E-state index contributed by atoms with van der Waals surface area (Å²) in [4.78, 5) is 87.2. The molecule has 0 unspecified atom stereocenters. The van der Waals surface area contributed by atoms with Gasteiger partial charge >= 0.3 is 47.8 Å². The normalized spacial score (nSPS) is 10.8. The molecule has 128 heavy (non-hydrogen) atoms. The van der Waals surface area contributed by atoms with Gasteiger partial charge in [-0.3, -0.25) is 38.4 Å². The van der Waals surface area contributed by atoms with E-state index < -0.39 is 47.8 Å². The van der Waals surface area contributed by atoms with Crippen LogP contribution in [0.1, 0.15) is 435 Å². The molecule has 0 aromatic heterocycles. The second kappa shape index (κ2) is 89.4. The van der Waals surface area contributed by atoms with Gasteiger partial charge in [0.05, 0.1) is 51.4 Å². The molecule has 4 N–H and O–H groups in total. The van der Waals surface area contributed by atoms with Crippen molar-refractivity contribution in [3.63, 3.8) is 0 Å². The Bertz CT molecular complexity index is 2890. The fourth-order valence-corrected chi connectivity index (χ4v) is 14.9. The Hall–Kier alpha value is -8.16. The van der Waals surface area contributed by atoms with Crippen LogP contribution < -0.4 is 18.9 Å². The van der Waals surface area contributed by atoms with Crippen LogP contribution in [0.5, 0.6) is 23.0 Å². The number of benzene rings is 4. The number of rotatable bonds is 84. The predicted molar refractivity (Wildman–Crippen MR) is 517 cm³/mol. The lowest BCUT2D eigenvalue weighted by Gasteiger charge is -2.09. The second-order valence-corrected chi connectivity index (χ2v) is 34.4. The van der Waals surface area contributed by atoms with Gasteiger partial charge in [-0.05, 0) is 122 Å². The summed E-state index contributed by atoms with van der Waals surface area (Å²) < 4.78 is 42.5. The molecular formula is C108H176O20. The van der Waals surface area contributed by atoms with Crippen LogP contribution in [-0.2, 0) is 83.0 Å². The molecule has 0 amide bonds. The molecule has 0 radical (unpaired) electrons.